The van der Waals surface area contributed by atoms with Crippen LogP contribution in [0.5, 0.6) is 0 Å². The predicted octanol–water partition coefficient (Wildman–Crippen LogP) is 1.03. The molecule has 1 heterocycles. The largest absolute Gasteiger partial charge is 0.550 e. The van der Waals surface area contributed by atoms with E-state index in [4.69, 9.17) is 0 Å². The number of ether oxygens (including phenoxy) is 1. The number of methoxy groups -OCH3 is 1. The monoisotopic (exact) mass is 310 g/mol. The summed E-state index contributed by atoms with van der Waals surface area (Å²) >= 11 is 1.16. The highest BCUT2D eigenvalue weighted by Gasteiger charge is 2.32. The van der Waals surface area contributed by atoms with Crippen molar-refractivity contribution in [2.75, 3.05) is 12.4 Å². The number of nitrogens with one attached hydrogen (secondary N) is 1. The Morgan fingerprint density at radius 2 is 1.95 bits per heavy atom. The number of carboxylic acids is 1. The van der Waals surface area contributed by atoms with Crippen molar-refractivity contribution in [2.24, 2.45) is 11.8 Å². The fraction of sp³-hybridized carbons (Fsp3) is 0.500. The molecule has 0 spiro atoms. The average Bonchev–Trinajstić information content (AvgIpc) is 2.94. The molecular weight excluding hydrogens is 294 g/mol. The number of carbonyl (C=O) groups is 3. The first kappa shape index (κ1) is 15.5. The van der Waals surface area contributed by atoms with E-state index in [-0.39, 0.29) is 5.91 Å². The van der Waals surface area contributed by atoms with Crippen LogP contribution in [0.4, 0.5) is 5.69 Å². The second-order valence-electron chi connectivity index (χ2n) is 4.96. The second-order valence-corrected chi connectivity index (χ2v) is 5.88. The third-order valence-electron chi connectivity index (χ3n) is 3.70. The van der Waals surface area contributed by atoms with Gasteiger partial charge in [-0.05, 0) is 24.3 Å². The molecule has 2 atom stereocenters. The van der Waals surface area contributed by atoms with Crippen molar-refractivity contribution in [1.29, 1.82) is 0 Å². The first-order valence-corrected chi connectivity index (χ1v) is 7.60. The van der Waals surface area contributed by atoms with E-state index in [1.807, 2.05) is 0 Å². The fourth-order valence-electron chi connectivity index (χ4n) is 2.61. The molecule has 1 amide bonds. The summed E-state index contributed by atoms with van der Waals surface area (Å²) in [6.45, 7) is 0. The van der Waals surface area contributed by atoms with Crippen LogP contribution in [0.15, 0.2) is 11.4 Å². The van der Waals surface area contributed by atoms with E-state index in [0.29, 0.717) is 23.4 Å². The summed E-state index contributed by atoms with van der Waals surface area (Å²) in [6.07, 6.45) is 2.57. The van der Waals surface area contributed by atoms with Gasteiger partial charge in [-0.1, -0.05) is 12.8 Å². The highest BCUT2D eigenvalue weighted by Crippen LogP contribution is 2.32. The lowest BCUT2D eigenvalue weighted by Crippen LogP contribution is -2.42. The molecule has 0 saturated heterocycles. The standard InChI is InChI=1S/C14H17NO5S/c1-20-14(19)11-10(6-7-21-11)15-12(16)8-4-2-3-5-9(8)13(17)18/h6-9H,2-5H2,1H3,(H,15,16)(H,17,18)/p-1. The number of hydrogen-bond acceptors (Lipinski definition) is 6. The van der Waals surface area contributed by atoms with Crippen molar-refractivity contribution in [1.82, 2.24) is 0 Å². The van der Waals surface area contributed by atoms with Crippen molar-refractivity contribution in [2.45, 2.75) is 25.7 Å². The third-order valence-corrected chi connectivity index (χ3v) is 4.59. The molecule has 6 nitrogen and oxygen atoms in total. The van der Waals surface area contributed by atoms with E-state index in [2.05, 4.69) is 10.1 Å². The van der Waals surface area contributed by atoms with Gasteiger partial charge in [-0.25, -0.2) is 4.79 Å². The number of anilines is 1. The number of carboxylic acid groups (broad SMARTS) is 1. The molecule has 1 N–H and O–H groups in total. The number of esters is 1. The molecule has 0 aliphatic heterocycles. The number of thiophene rings is 1. The molecule has 0 aromatic carbocycles. The lowest BCUT2D eigenvalue weighted by molar-refractivity contribution is -0.313. The Labute approximate surface area is 126 Å². The number of aliphatic carboxylic acids is 1. The Kier molecular flexibility index (Phi) is 4.95. The van der Waals surface area contributed by atoms with Gasteiger partial charge in [0.25, 0.3) is 0 Å². The van der Waals surface area contributed by atoms with Crippen LogP contribution >= 0.6 is 11.3 Å². The van der Waals surface area contributed by atoms with E-state index in [1.165, 1.54) is 7.11 Å². The fourth-order valence-corrected chi connectivity index (χ4v) is 3.38. The average molecular weight is 310 g/mol. The van der Waals surface area contributed by atoms with Crippen molar-refractivity contribution < 1.29 is 24.2 Å². The van der Waals surface area contributed by atoms with Crippen LogP contribution in [0, 0.1) is 11.8 Å². The molecule has 0 radical (unpaired) electrons. The molecule has 1 aliphatic rings. The van der Waals surface area contributed by atoms with E-state index in [9.17, 15) is 19.5 Å². The number of amides is 1. The number of carbonyl (C=O) groups excluding carboxylic acids is 3. The quantitative estimate of drug-likeness (QED) is 0.838. The Balaban J connectivity index is 2.12. The third kappa shape index (κ3) is 3.41. The molecule has 7 heteroatoms. The van der Waals surface area contributed by atoms with Crippen LogP contribution in [0.1, 0.15) is 35.4 Å². The molecule has 2 unspecified atom stereocenters. The minimum absolute atomic E-state index is 0.298. The lowest BCUT2D eigenvalue weighted by Gasteiger charge is -2.31. The van der Waals surface area contributed by atoms with E-state index in [1.54, 1.807) is 11.4 Å². The van der Waals surface area contributed by atoms with Crippen molar-refractivity contribution in [3.63, 3.8) is 0 Å². The minimum Gasteiger partial charge on any atom is -0.550 e. The van der Waals surface area contributed by atoms with Gasteiger partial charge >= 0.3 is 5.97 Å². The first-order chi connectivity index (χ1) is 10.0. The zero-order valence-corrected chi connectivity index (χ0v) is 12.4. The maximum absolute atomic E-state index is 12.3. The van der Waals surface area contributed by atoms with Crippen LogP contribution in [0.2, 0.25) is 0 Å². The summed E-state index contributed by atoms with van der Waals surface area (Å²) < 4.78 is 4.64. The zero-order valence-electron chi connectivity index (χ0n) is 11.6. The molecule has 1 fully saturated rings. The van der Waals surface area contributed by atoms with E-state index >= 15 is 0 Å². The first-order valence-electron chi connectivity index (χ1n) is 6.72. The van der Waals surface area contributed by atoms with Gasteiger partial charge < -0.3 is 20.0 Å². The van der Waals surface area contributed by atoms with Gasteiger partial charge in [0.1, 0.15) is 4.88 Å². The maximum atomic E-state index is 12.3. The summed E-state index contributed by atoms with van der Waals surface area (Å²) in [7, 11) is 1.26. The lowest BCUT2D eigenvalue weighted by atomic mass is 9.78. The molecule has 1 aliphatic carbocycles. The highest BCUT2D eigenvalue weighted by atomic mass is 32.1. The summed E-state index contributed by atoms with van der Waals surface area (Å²) in [5.74, 6) is -3.48. The van der Waals surface area contributed by atoms with E-state index < -0.39 is 23.8 Å². The number of rotatable bonds is 4. The van der Waals surface area contributed by atoms with Crippen molar-refractivity contribution in [3.8, 4) is 0 Å². The molecule has 2 rings (SSSR count). The molecular formula is C14H16NO5S-. The maximum Gasteiger partial charge on any atom is 0.350 e. The molecule has 1 saturated carbocycles. The Morgan fingerprint density at radius 1 is 1.29 bits per heavy atom. The predicted molar refractivity (Wildman–Crippen MR) is 74.7 cm³/mol. The Hall–Kier alpha value is -1.89. The van der Waals surface area contributed by atoms with Gasteiger partial charge in [0.15, 0.2) is 0 Å². The topological polar surface area (TPSA) is 95.5 Å². The molecule has 1 aromatic rings. The normalized spacial score (nSPS) is 21.6. The second kappa shape index (κ2) is 6.71. The summed E-state index contributed by atoms with van der Waals surface area (Å²) in [5, 5.41) is 15.4. The van der Waals surface area contributed by atoms with Gasteiger partial charge in [-0.2, -0.15) is 0 Å². The highest BCUT2D eigenvalue weighted by molar-refractivity contribution is 7.12. The smallest absolute Gasteiger partial charge is 0.350 e. The Morgan fingerprint density at radius 3 is 2.57 bits per heavy atom. The van der Waals surface area contributed by atoms with Crippen LogP contribution < -0.4 is 10.4 Å². The zero-order chi connectivity index (χ0) is 15.4. The van der Waals surface area contributed by atoms with Crippen LogP contribution in [0.25, 0.3) is 0 Å². The molecule has 21 heavy (non-hydrogen) atoms. The van der Waals surface area contributed by atoms with Gasteiger partial charge in [-0.3, -0.25) is 4.79 Å². The van der Waals surface area contributed by atoms with Crippen LogP contribution in [-0.4, -0.2) is 25.0 Å². The van der Waals surface area contributed by atoms with E-state index in [0.717, 1.165) is 24.2 Å². The summed E-state index contributed by atoms with van der Waals surface area (Å²) in [6, 6.07) is 1.60. The molecule has 114 valence electrons. The molecule has 0 bridgehead atoms. The van der Waals surface area contributed by atoms with Gasteiger partial charge in [0.2, 0.25) is 5.91 Å². The summed E-state index contributed by atoms with van der Waals surface area (Å²) in [4.78, 5) is 35.3. The summed E-state index contributed by atoms with van der Waals surface area (Å²) in [5.41, 5.74) is 0.361. The van der Waals surface area contributed by atoms with Crippen LogP contribution in [0.3, 0.4) is 0 Å². The minimum atomic E-state index is -1.19. The molecule has 1 aromatic heterocycles. The van der Waals surface area contributed by atoms with Crippen LogP contribution in [-0.2, 0) is 14.3 Å². The Bertz CT molecular complexity index is 553. The van der Waals surface area contributed by atoms with Crippen molar-refractivity contribution >= 4 is 34.9 Å². The van der Waals surface area contributed by atoms with Gasteiger partial charge in [-0.15, -0.1) is 11.3 Å². The van der Waals surface area contributed by atoms with Crippen molar-refractivity contribution in [3.05, 3.63) is 16.3 Å². The van der Waals surface area contributed by atoms with Gasteiger partial charge in [0.05, 0.1) is 12.8 Å². The number of hydrogen-bond donors (Lipinski definition) is 1. The van der Waals surface area contributed by atoms with Gasteiger partial charge in [0, 0.05) is 17.8 Å². The SMILES string of the molecule is COC(=O)c1sccc1NC(=O)C1CCCCC1C(=O)[O-].